The summed E-state index contributed by atoms with van der Waals surface area (Å²) in [5, 5.41) is 3.93. The number of carbonyl (C=O) groups is 1. The number of ether oxygens (including phenoxy) is 1. The first-order chi connectivity index (χ1) is 12.5. The van der Waals surface area contributed by atoms with Crippen molar-refractivity contribution in [2.45, 2.75) is 0 Å². The van der Waals surface area contributed by atoms with Crippen molar-refractivity contribution in [2.24, 2.45) is 4.99 Å². The van der Waals surface area contributed by atoms with Crippen LogP contribution in [0.4, 0.5) is 5.69 Å². The highest BCUT2D eigenvalue weighted by Crippen LogP contribution is 2.25. The van der Waals surface area contributed by atoms with E-state index in [-0.39, 0.29) is 12.5 Å². The summed E-state index contributed by atoms with van der Waals surface area (Å²) in [6.45, 7) is 4.54. The van der Waals surface area contributed by atoms with Crippen molar-refractivity contribution in [3.8, 4) is 0 Å². The molecule has 2 rings (SSSR count). The van der Waals surface area contributed by atoms with Gasteiger partial charge < -0.3 is 24.8 Å². The number of halogens is 1. The average molecular weight is 383 g/mol. The Kier molecular flexibility index (Phi) is 7.93. The maximum atomic E-state index is 11.9. The molecule has 1 fully saturated rings. The molecule has 9 heteroatoms. The molecule has 0 radical (unpaired) electrons. The number of rotatable bonds is 6. The highest BCUT2D eigenvalue weighted by atomic mass is 35.5. The maximum Gasteiger partial charge on any atom is 0.243 e. The van der Waals surface area contributed by atoms with E-state index in [2.05, 4.69) is 25.1 Å². The molecule has 8 nitrogen and oxygen atoms in total. The second-order valence-electron chi connectivity index (χ2n) is 6.15. The van der Waals surface area contributed by atoms with Crippen molar-refractivity contribution in [1.82, 2.24) is 20.1 Å². The molecule has 0 spiro atoms. The largest absolute Gasteiger partial charge is 0.383 e. The number of nitrogens with one attached hydrogen (secondary N) is 1. The summed E-state index contributed by atoms with van der Waals surface area (Å²) in [6, 6.07) is 1.93. The third kappa shape index (κ3) is 5.74. The predicted octanol–water partition coefficient (Wildman–Crippen LogP) is 0.537. The van der Waals surface area contributed by atoms with Crippen molar-refractivity contribution in [1.29, 1.82) is 0 Å². The number of pyridine rings is 1. The van der Waals surface area contributed by atoms with Crippen molar-refractivity contribution >= 4 is 29.2 Å². The lowest BCUT2D eigenvalue weighted by Gasteiger charge is -2.38. The quantitative estimate of drug-likeness (QED) is 0.440. The number of piperazine rings is 1. The van der Waals surface area contributed by atoms with Crippen molar-refractivity contribution < 1.29 is 9.53 Å². The highest BCUT2D eigenvalue weighted by Gasteiger charge is 2.21. The Balaban J connectivity index is 1.99. The summed E-state index contributed by atoms with van der Waals surface area (Å²) in [5.41, 5.74) is 0.995. The van der Waals surface area contributed by atoms with Gasteiger partial charge in [0, 0.05) is 66.3 Å². The standard InChI is InChI=1S/C17H27ClN6O2/c1-22(2)16(25)13-21-17(20-6-11-26-3)24-9-7-23(8-10-24)15-4-5-19-12-14(15)18/h4-5,12H,6-11,13H2,1-3H3,(H,20,21). The van der Waals surface area contributed by atoms with Crippen LogP contribution in [0, 0.1) is 0 Å². The molecule has 1 aliphatic rings. The first kappa shape index (κ1) is 20.3. The second-order valence-corrected chi connectivity index (χ2v) is 6.56. The smallest absolute Gasteiger partial charge is 0.243 e. The van der Waals surface area contributed by atoms with Crippen LogP contribution in [0.1, 0.15) is 0 Å². The lowest BCUT2D eigenvalue weighted by molar-refractivity contribution is -0.127. The van der Waals surface area contributed by atoms with Crippen LogP contribution in [0.15, 0.2) is 23.5 Å². The van der Waals surface area contributed by atoms with Gasteiger partial charge in [-0.25, -0.2) is 4.99 Å². The van der Waals surface area contributed by atoms with Gasteiger partial charge in [-0.15, -0.1) is 0 Å². The predicted molar refractivity (Wildman–Crippen MR) is 104 cm³/mol. The number of aliphatic imine (C=N–C) groups is 1. The lowest BCUT2D eigenvalue weighted by atomic mass is 10.2. The number of guanidine groups is 1. The Labute approximate surface area is 159 Å². The van der Waals surface area contributed by atoms with Gasteiger partial charge in [-0.2, -0.15) is 0 Å². The molecular weight excluding hydrogens is 356 g/mol. The van der Waals surface area contributed by atoms with Gasteiger partial charge in [0.05, 0.1) is 17.3 Å². The Morgan fingerprint density at radius 1 is 1.38 bits per heavy atom. The molecule has 0 aromatic carbocycles. The maximum absolute atomic E-state index is 11.9. The lowest BCUT2D eigenvalue weighted by Crippen LogP contribution is -2.53. The zero-order chi connectivity index (χ0) is 18.9. The second kappa shape index (κ2) is 10.2. The third-order valence-corrected chi connectivity index (χ3v) is 4.41. The third-order valence-electron chi connectivity index (χ3n) is 4.12. The van der Waals surface area contributed by atoms with Gasteiger partial charge in [0.25, 0.3) is 0 Å². The summed E-state index contributed by atoms with van der Waals surface area (Å²) >= 11 is 6.25. The Morgan fingerprint density at radius 3 is 2.73 bits per heavy atom. The minimum absolute atomic E-state index is 0.0294. The fourth-order valence-corrected chi connectivity index (χ4v) is 2.84. The van der Waals surface area contributed by atoms with Gasteiger partial charge >= 0.3 is 0 Å². The van der Waals surface area contributed by atoms with E-state index in [4.69, 9.17) is 16.3 Å². The summed E-state index contributed by atoms with van der Waals surface area (Å²) in [6.07, 6.45) is 3.41. The van der Waals surface area contributed by atoms with Gasteiger partial charge in [0.15, 0.2) is 5.96 Å². The minimum Gasteiger partial charge on any atom is -0.383 e. The van der Waals surface area contributed by atoms with E-state index in [0.29, 0.717) is 18.2 Å². The van der Waals surface area contributed by atoms with Gasteiger partial charge in [-0.05, 0) is 6.07 Å². The monoisotopic (exact) mass is 382 g/mol. The number of hydrogen-bond acceptors (Lipinski definition) is 5. The molecule has 1 aliphatic heterocycles. The number of aromatic nitrogens is 1. The normalized spacial score (nSPS) is 15.2. The van der Waals surface area contributed by atoms with Crippen LogP contribution in [-0.2, 0) is 9.53 Å². The zero-order valence-electron chi connectivity index (χ0n) is 15.6. The van der Waals surface area contributed by atoms with E-state index in [0.717, 1.165) is 37.8 Å². The number of carbonyl (C=O) groups excluding carboxylic acids is 1. The number of anilines is 1. The molecule has 1 saturated heterocycles. The molecule has 26 heavy (non-hydrogen) atoms. The Bertz CT molecular complexity index is 617. The number of methoxy groups -OCH3 is 1. The molecular formula is C17H27ClN6O2. The summed E-state index contributed by atoms with van der Waals surface area (Å²) in [7, 11) is 5.12. The molecule has 0 atom stereocenters. The number of nitrogens with zero attached hydrogens (tertiary/aromatic N) is 5. The van der Waals surface area contributed by atoms with Gasteiger partial charge in [-0.3, -0.25) is 9.78 Å². The molecule has 144 valence electrons. The zero-order valence-corrected chi connectivity index (χ0v) is 16.4. The van der Waals surface area contributed by atoms with Crippen molar-refractivity contribution in [2.75, 3.05) is 72.0 Å². The van der Waals surface area contributed by atoms with Crippen LogP contribution < -0.4 is 10.2 Å². The van der Waals surface area contributed by atoms with E-state index >= 15 is 0 Å². The molecule has 1 N–H and O–H groups in total. The van der Waals surface area contributed by atoms with E-state index in [9.17, 15) is 4.79 Å². The Hall–Kier alpha value is -2.06. The molecule has 0 unspecified atom stereocenters. The molecule has 1 aromatic rings. The van der Waals surface area contributed by atoms with E-state index < -0.39 is 0 Å². The number of likely N-dealkylation sites (N-methyl/N-ethyl adjacent to an activating group) is 1. The topological polar surface area (TPSA) is 73.3 Å². The first-order valence-electron chi connectivity index (χ1n) is 8.59. The average Bonchev–Trinajstić information content (AvgIpc) is 2.65. The fourth-order valence-electron chi connectivity index (χ4n) is 2.60. The summed E-state index contributed by atoms with van der Waals surface area (Å²) in [4.78, 5) is 26.3. The molecule has 0 aliphatic carbocycles. The molecule has 0 bridgehead atoms. The Morgan fingerprint density at radius 2 is 2.12 bits per heavy atom. The van der Waals surface area contributed by atoms with E-state index in [1.165, 1.54) is 0 Å². The van der Waals surface area contributed by atoms with Gasteiger partial charge in [-0.1, -0.05) is 11.6 Å². The van der Waals surface area contributed by atoms with Crippen molar-refractivity contribution in [3.05, 3.63) is 23.5 Å². The van der Waals surface area contributed by atoms with E-state index in [1.807, 2.05) is 6.07 Å². The van der Waals surface area contributed by atoms with Crippen LogP contribution in [0.2, 0.25) is 5.02 Å². The molecule has 0 saturated carbocycles. The van der Waals surface area contributed by atoms with Crippen LogP contribution in [0.3, 0.4) is 0 Å². The number of amides is 1. The molecule has 1 amide bonds. The summed E-state index contributed by atoms with van der Waals surface area (Å²) in [5.74, 6) is 0.705. The minimum atomic E-state index is -0.0294. The molecule has 2 heterocycles. The van der Waals surface area contributed by atoms with Gasteiger partial charge in [0.2, 0.25) is 5.91 Å². The molecule has 1 aromatic heterocycles. The van der Waals surface area contributed by atoms with Crippen LogP contribution in [0.5, 0.6) is 0 Å². The van der Waals surface area contributed by atoms with Crippen LogP contribution in [-0.4, -0.2) is 93.7 Å². The summed E-state index contributed by atoms with van der Waals surface area (Å²) < 4.78 is 5.09. The number of hydrogen-bond donors (Lipinski definition) is 1. The van der Waals surface area contributed by atoms with Crippen LogP contribution in [0.25, 0.3) is 0 Å². The van der Waals surface area contributed by atoms with E-state index in [1.54, 1.807) is 38.5 Å². The fraction of sp³-hybridized carbons (Fsp3) is 0.588. The van der Waals surface area contributed by atoms with Crippen LogP contribution >= 0.6 is 11.6 Å². The SMILES string of the molecule is COCCNC(=NCC(=O)N(C)C)N1CCN(c2ccncc2Cl)CC1. The highest BCUT2D eigenvalue weighted by molar-refractivity contribution is 6.33. The van der Waals surface area contributed by atoms with Gasteiger partial charge in [0.1, 0.15) is 6.54 Å². The first-order valence-corrected chi connectivity index (χ1v) is 8.97. The van der Waals surface area contributed by atoms with Crippen molar-refractivity contribution in [3.63, 3.8) is 0 Å².